The molecule has 0 radical (unpaired) electrons. The van der Waals surface area contributed by atoms with Gasteiger partial charge in [-0.05, 0) is 24.3 Å². The predicted octanol–water partition coefficient (Wildman–Crippen LogP) is 2.64. The van der Waals surface area contributed by atoms with Crippen molar-refractivity contribution in [3.63, 3.8) is 0 Å². The van der Waals surface area contributed by atoms with E-state index in [-0.39, 0.29) is 12.0 Å². The van der Waals surface area contributed by atoms with Crippen LogP contribution in [0, 0.1) is 0 Å². The number of nitrogens with zero attached hydrogens (tertiary/aromatic N) is 3. The second kappa shape index (κ2) is 6.31. The van der Waals surface area contributed by atoms with Crippen LogP contribution in [0.25, 0.3) is 10.9 Å². The Morgan fingerprint density at radius 2 is 2.08 bits per heavy atom. The van der Waals surface area contributed by atoms with Gasteiger partial charge in [0.1, 0.15) is 12.4 Å². The molecule has 1 amide bonds. The summed E-state index contributed by atoms with van der Waals surface area (Å²) in [4.78, 5) is 25.7. The van der Waals surface area contributed by atoms with Crippen molar-refractivity contribution in [2.24, 2.45) is 0 Å². The summed E-state index contributed by atoms with van der Waals surface area (Å²) in [5.74, 6) is 0.672. The molecule has 0 bridgehead atoms. The van der Waals surface area contributed by atoms with Gasteiger partial charge < -0.3 is 14.6 Å². The number of piperidine rings is 1. The highest BCUT2D eigenvalue weighted by atomic mass is 16.5. The predicted molar refractivity (Wildman–Crippen MR) is 89.9 cm³/mol. The summed E-state index contributed by atoms with van der Waals surface area (Å²) in [5, 5.41) is 1.06. The Balaban J connectivity index is 1.39. The Labute approximate surface area is 139 Å². The number of likely N-dealkylation sites (tertiary alicyclic amines) is 1. The van der Waals surface area contributed by atoms with Gasteiger partial charge in [-0.25, -0.2) is 9.97 Å². The van der Waals surface area contributed by atoms with Crippen molar-refractivity contribution in [1.82, 2.24) is 19.9 Å². The number of hydrogen-bond acceptors (Lipinski definition) is 4. The normalized spacial score (nSPS) is 15.6. The van der Waals surface area contributed by atoms with Crippen LogP contribution in [0.3, 0.4) is 0 Å². The van der Waals surface area contributed by atoms with E-state index in [1.807, 2.05) is 35.4 Å². The number of H-pyrrole nitrogens is 1. The number of aromatic amines is 1. The minimum absolute atomic E-state index is 0.0820. The third-order valence-electron chi connectivity index (χ3n) is 4.37. The molecule has 0 spiro atoms. The van der Waals surface area contributed by atoms with E-state index in [2.05, 4.69) is 15.0 Å². The maximum atomic E-state index is 12.7. The maximum Gasteiger partial charge on any atom is 0.253 e. The Morgan fingerprint density at radius 3 is 2.88 bits per heavy atom. The lowest BCUT2D eigenvalue weighted by Crippen LogP contribution is -2.41. The van der Waals surface area contributed by atoms with Crippen LogP contribution in [0.4, 0.5) is 0 Å². The van der Waals surface area contributed by atoms with Gasteiger partial charge in [0.25, 0.3) is 5.91 Å². The van der Waals surface area contributed by atoms with Crippen molar-refractivity contribution in [3.8, 4) is 5.88 Å². The molecule has 1 N–H and O–H groups in total. The number of carbonyl (C=O) groups excluding carboxylic acids is 1. The van der Waals surface area contributed by atoms with Crippen LogP contribution in [-0.2, 0) is 0 Å². The molecule has 0 aliphatic carbocycles. The molecular formula is C18H18N4O2. The first-order valence-electron chi connectivity index (χ1n) is 8.09. The number of hydrogen-bond donors (Lipinski definition) is 1. The van der Waals surface area contributed by atoms with Gasteiger partial charge in [0.2, 0.25) is 5.88 Å². The summed E-state index contributed by atoms with van der Waals surface area (Å²) in [7, 11) is 0. The average molecular weight is 322 g/mol. The Morgan fingerprint density at radius 1 is 1.21 bits per heavy atom. The van der Waals surface area contributed by atoms with Crippen molar-refractivity contribution in [1.29, 1.82) is 0 Å². The van der Waals surface area contributed by atoms with E-state index in [0.717, 1.165) is 29.3 Å². The summed E-state index contributed by atoms with van der Waals surface area (Å²) in [6.45, 7) is 1.39. The molecule has 0 atom stereocenters. The summed E-state index contributed by atoms with van der Waals surface area (Å²) in [5.41, 5.74) is 1.78. The average Bonchev–Trinajstić information content (AvgIpc) is 3.10. The van der Waals surface area contributed by atoms with Crippen LogP contribution in [0.1, 0.15) is 23.2 Å². The highest BCUT2D eigenvalue weighted by molar-refractivity contribution is 5.98. The standard InChI is InChI=1S/C18H18N4O2/c23-18(14-1-2-16-13(11-14)3-8-20-16)22-9-5-15(6-10-22)24-17-4-7-19-12-21-17/h1-4,7-8,11-12,15,20H,5-6,9-10H2. The molecule has 122 valence electrons. The quantitative estimate of drug-likeness (QED) is 0.805. The summed E-state index contributed by atoms with van der Waals surface area (Å²) >= 11 is 0. The van der Waals surface area contributed by atoms with Crippen molar-refractivity contribution in [2.45, 2.75) is 18.9 Å². The smallest absolute Gasteiger partial charge is 0.253 e. The van der Waals surface area contributed by atoms with Crippen LogP contribution in [0.15, 0.2) is 49.1 Å². The van der Waals surface area contributed by atoms with Crippen LogP contribution in [0.5, 0.6) is 5.88 Å². The van der Waals surface area contributed by atoms with Crippen LogP contribution >= 0.6 is 0 Å². The van der Waals surface area contributed by atoms with Gasteiger partial charge in [-0.2, -0.15) is 0 Å². The van der Waals surface area contributed by atoms with E-state index in [4.69, 9.17) is 4.74 Å². The first kappa shape index (κ1) is 14.7. The second-order valence-electron chi connectivity index (χ2n) is 5.94. The molecule has 4 rings (SSSR count). The number of amides is 1. The van der Waals surface area contributed by atoms with Gasteiger partial charge in [0, 0.05) is 60.9 Å². The SMILES string of the molecule is O=C(c1ccc2[nH]ccc2c1)N1CCC(Oc2ccncn2)CC1. The topological polar surface area (TPSA) is 71.1 Å². The number of nitrogens with one attached hydrogen (secondary N) is 1. The highest BCUT2D eigenvalue weighted by Gasteiger charge is 2.25. The molecule has 0 saturated carbocycles. The molecule has 1 fully saturated rings. The summed E-state index contributed by atoms with van der Waals surface area (Å²) in [6, 6.07) is 9.51. The van der Waals surface area contributed by atoms with Crippen molar-refractivity contribution >= 4 is 16.8 Å². The van der Waals surface area contributed by atoms with Gasteiger partial charge in [-0.3, -0.25) is 4.79 Å². The third kappa shape index (κ3) is 2.95. The number of carbonyl (C=O) groups is 1. The zero-order valence-corrected chi connectivity index (χ0v) is 13.2. The van der Waals surface area contributed by atoms with E-state index in [1.165, 1.54) is 6.33 Å². The molecule has 1 saturated heterocycles. The lowest BCUT2D eigenvalue weighted by molar-refractivity contribution is 0.0588. The molecule has 6 heteroatoms. The van der Waals surface area contributed by atoms with Gasteiger partial charge in [-0.1, -0.05) is 0 Å². The zero-order chi connectivity index (χ0) is 16.4. The number of benzene rings is 1. The number of aromatic nitrogens is 3. The molecule has 1 aromatic carbocycles. The lowest BCUT2D eigenvalue weighted by Gasteiger charge is -2.32. The molecule has 3 aromatic rings. The molecule has 3 heterocycles. The fourth-order valence-corrected chi connectivity index (χ4v) is 3.06. The Kier molecular flexibility index (Phi) is 3.86. The van der Waals surface area contributed by atoms with E-state index in [0.29, 0.717) is 19.0 Å². The van der Waals surface area contributed by atoms with Gasteiger partial charge in [-0.15, -0.1) is 0 Å². The van der Waals surface area contributed by atoms with Gasteiger partial charge in [0.05, 0.1) is 0 Å². The van der Waals surface area contributed by atoms with E-state index in [1.54, 1.807) is 12.3 Å². The molecular weight excluding hydrogens is 304 g/mol. The first-order chi connectivity index (χ1) is 11.8. The van der Waals surface area contributed by atoms with Crippen LogP contribution < -0.4 is 4.74 Å². The minimum atomic E-state index is 0.0820. The fraction of sp³-hybridized carbons (Fsp3) is 0.278. The molecule has 2 aromatic heterocycles. The van der Waals surface area contributed by atoms with Crippen molar-refractivity contribution in [3.05, 3.63) is 54.6 Å². The van der Waals surface area contributed by atoms with Crippen molar-refractivity contribution < 1.29 is 9.53 Å². The number of rotatable bonds is 3. The highest BCUT2D eigenvalue weighted by Crippen LogP contribution is 2.20. The summed E-state index contributed by atoms with van der Waals surface area (Å²) < 4.78 is 5.84. The molecule has 0 unspecified atom stereocenters. The van der Waals surface area contributed by atoms with Crippen molar-refractivity contribution in [2.75, 3.05) is 13.1 Å². The van der Waals surface area contributed by atoms with E-state index < -0.39 is 0 Å². The van der Waals surface area contributed by atoms with E-state index >= 15 is 0 Å². The Bertz CT molecular complexity index is 838. The monoisotopic (exact) mass is 322 g/mol. The maximum absolute atomic E-state index is 12.7. The summed E-state index contributed by atoms with van der Waals surface area (Å²) in [6.07, 6.45) is 6.73. The molecule has 1 aliphatic rings. The number of ether oxygens (including phenoxy) is 1. The van der Waals surface area contributed by atoms with Crippen LogP contribution in [-0.4, -0.2) is 45.0 Å². The molecule has 6 nitrogen and oxygen atoms in total. The van der Waals surface area contributed by atoms with Crippen LogP contribution in [0.2, 0.25) is 0 Å². The lowest BCUT2D eigenvalue weighted by atomic mass is 10.1. The number of fused-ring (bicyclic) bond motifs is 1. The van der Waals surface area contributed by atoms with Gasteiger partial charge in [0.15, 0.2) is 0 Å². The fourth-order valence-electron chi connectivity index (χ4n) is 3.06. The third-order valence-corrected chi connectivity index (χ3v) is 4.37. The van der Waals surface area contributed by atoms with E-state index in [9.17, 15) is 4.79 Å². The first-order valence-corrected chi connectivity index (χ1v) is 8.09. The molecule has 24 heavy (non-hydrogen) atoms. The minimum Gasteiger partial charge on any atom is -0.474 e. The largest absolute Gasteiger partial charge is 0.474 e. The Hall–Kier alpha value is -2.89. The zero-order valence-electron chi connectivity index (χ0n) is 13.2. The molecule has 1 aliphatic heterocycles. The second-order valence-corrected chi connectivity index (χ2v) is 5.94. The van der Waals surface area contributed by atoms with Gasteiger partial charge >= 0.3 is 0 Å².